The van der Waals surface area contributed by atoms with Crippen molar-refractivity contribution in [3.8, 4) is 11.5 Å². The molecule has 1 aromatic heterocycles. The highest BCUT2D eigenvalue weighted by molar-refractivity contribution is 7.17. The third-order valence-electron chi connectivity index (χ3n) is 3.00. The Morgan fingerprint density at radius 2 is 1.92 bits per heavy atom. The van der Waals surface area contributed by atoms with Gasteiger partial charge in [0, 0.05) is 0 Å². The highest BCUT2D eigenvalue weighted by atomic mass is 32.1. The van der Waals surface area contributed by atoms with Crippen molar-refractivity contribution in [3.63, 3.8) is 0 Å². The second-order valence-corrected chi connectivity index (χ2v) is 6.37. The Balaban J connectivity index is 1.96. The molecule has 0 spiro atoms. The van der Waals surface area contributed by atoms with E-state index in [0.29, 0.717) is 27.2 Å². The molecule has 0 unspecified atom stereocenters. The fourth-order valence-corrected chi connectivity index (χ4v) is 2.81. The number of rotatable bonds is 7. The van der Waals surface area contributed by atoms with Crippen LogP contribution in [0.25, 0.3) is 0 Å². The number of hydrogen-bond acceptors (Lipinski definition) is 7. The van der Waals surface area contributed by atoms with E-state index in [1.54, 1.807) is 39.0 Å². The maximum absolute atomic E-state index is 12.0. The zero-order valence-corrected chi connectivity index (χ0v) is 15.3. The Labute approximate surface area is 149 Å². The average Bonchev–Trinajstić information content (AvgIpc) is 2.93. The van der Waals surface area contributed by atoms with E-state index in [1.807, 2.05) is 6.07 Å². The van der Waals surface area contributed by atoms with Crippen molar-refractivity contribution < 1.29 is 23.8 Å². The third kappa shape index (κ3) is 5.18. The molecular weight excluding hydrogens is 344 g/mol. The van der Waals surface area contributed by atoms with Gasteiger partial charge in [0.05, 0.1) is 18.9 Å². The van der Waals surface area contributed by atoms with Gasteiger partial charge in [0.25, 0.3) is 5.91 Å². The number of thiazole rings is 1. The first kappa shape index (κ1) is 18.7. The molecule has 0 fully saturated rings. The van der Waals surface area contributed by atoms with E-state index >= 15 is 0 Å². The molecule has 1 amide bonds. The van der Waals surface area contributed by atoms with Crippen LogP contribution in [0.4, 0.5) is 5.13 Å². The number of nitrogens with one attached hydrogen (secondary N) is 1. The maximum atomic E-state index is 12.0. The predicted octanol–water partition coefficient (Wildman–Crippen LogP) is 3.04. The number of carbonyl (C=O) groups is 2. The molecule has 7 nitrogen and oxygen atoms in total. The Kier molecular flexibility index (Phi) is 6.35. The summed E-state index contributed by atoms with van der Waals surface area (Å²) >= 11 is 1.07. The molecule has 0 aliphatic rings. The van der Waals surface area contributed by atoms with Crippen LogP contribution >= 0.6 is 11.3 Å². The molecule has 134 valence electrons. The van der Waals surface area contributed by atoms with E-state index in [9.17, 15) is 9.59 Å². The lowest BCUT2D eigenvalue weighted by molar-refractivity contribution is -0.118. The van der Waals surface area contributed by atoms with Crippen molar-refractivity contribution in [3.05, 3.63) is 34.8 Å². The average molecular weight is 364 g/mol. The normalized spacial score (nSPS) is 10.4. The summed E-state index contributed by atoms with van der Waals surface area (Å²) < 4.78 is 15.7. The zero-order valence-electron chi connectivity index (χ0n) is 14.5. The lowest BCUT2D eigenvalue weighted by Gasteiger charge is -2.09. The van der Waals surface area contributed by atoms with Gasteiger partial charge in [0.15, 0.2) is 23.2 Å². The van der Waals surface area contributed by atoms with Crippen LogP contribution in [0.5, 0.6) is 11.5 Å². The van der Waals surface area contributed by atoms with E-state index in [4.69, 9.17) is 14.2 Å². The van der Waals surface area contributed by atoms with Crippen LogP contribution in [0.3, 0.4) is 0 Å². The van der Waals surface area contributed by atoms with Crippen molar-refractivity contribution in [2.75, 3.05) is 19.0 Å². The number of amides is 1. The molecular formula is C17H20N2O5S. The van der Waals surface area contributed by atoms with Crippen LogP contribution in [0.2, 0.25) is 0 Å². The van der Waals surface area contributed by atoms with E-state index in [1.165, 1.54) is 7.11 Å². The minimum atomic E-state index is -0.448. The van der Waals surface area contributed by atoms with Gasteiger partial charge in [0.1, 0.15) is 4.88 Å². The number of para-hydroxylation sites is 2. The van der Waals surface area contributed by atoms with E-state index < -0.39 is 5.97 Å². The highest BCUT2D eigenvalue weighted by Gasteiger charge is 2.19. The van der Waals surface area contributed by atoms with Gasteiger partial charge >= 0.3 is 5.97 Å². The van der Waals surface area contributed by atoms with Gasteiger partial charge in [-0.2, -0.15) is 0 Å². The first-order valence-electron chi connectivity index (χ1n) is 7.64. The SMILES string of the molecule is COc1ccccc1OCC(=O)Nc1nc(C)c(C(=O)OC(C)C)s1. The van der Waals surface area contributed by atoms with Gasteiger partial charge in [-0.15, -0.1) is 0 Å². The molecule has 2 rings (SSSR count). The molecule has 0 saturated carbocycles. The minimum Gasteiger partial charge on any atom is -0.493 e. The standard InChI is InChI=1S/C17H20N2O5S/c1-10(2)24-16(21)15-11(3)18-17(25-15)19-14(20)9-23-13-8-6-5-7-12(13)22-4/h5-8,10H,9H2,1-4H3,(H,18,19,20). The zero-order chi connectivity index (χ0) is 18.4. The maximum Gasteiger partial charge on any atom is 0.350 e. The Hall–Kier alpha value is -2.61. The van der Waals surface area contributed by atoms with Crippen molar-refractivity contribution in [1.82, 2.24) is 4.98 Å². The fourth-order valence-electron chi connectivity index (χ4n) is 1.94. The molecule has 1 N–H and O–H groups in total. The Morgan fingerprint density at radius 3 is 2.56 bits per heavy atom. The highest BCUT2D eigenvalue weighted by Crippen LogP contribution is 2.26. The molecule has 1 aromatic carbocycles. The van der Waals surface area contributed by atoms with E-state index in [2.05, 4.69) is 10.3 Å². The van der Waals surface area contributed by atoms with Gasteiger partial charge in [-0.3, -0.25) is 10.1 Å². The molecule has 0 aliphatic heterocycles. The summed E-state index contributed by atoms with van der Waals surface area (Å²) in [5.74, 6) is 0.176. The largest absolute Gasteiger partial charge is 0.493 e. The molecule has 25 heavy (non-hydrogen) atoms. The van der Waals surface area contributed by atoms with Gasteiger partial charge in [-0.05, 0) is 32.9 Å². The number of aryl methyl sites for hydroxylation is 1. The van der Waals surface area contributed by atoms with Crippen LogP contribution in [-0.2, 0) is 9.53 Å². The molecule has 2 aromatic rings. The van der Waals surface area contributed by atoms with E-state index in [-0.39, 0.29) is 18.6 Å². The van der Waals surface area contributed by atoms with Crippen LogP contribution in [0, 0.1) is 6.92 Å². The number of anilines is 1. The smallest absolute Gasteiger partial charge is 0.350 e. The Morgan fingerprint density at radius 1 is 1.24 bits per heavy atom. The lowest BCUT2D eigenvalue weighted by Crippen LogP contribution is -2.20. The molecule has 0 atom stereocenters. The minimum absolute atomic E-state index is 0.204. The van der Waals surface area contributed by atoms with Gasteiger partial charge in [0.2, 0.25) is 0 Å². The summed E-state index contributed by atoms with van der Waals surface area (Å²) in [5, 5.41) is 2.94. The number of esters is 1. The fraction of sp³-hybridized carbons (Fsp3) is 0.353. The molecule has 0 bridgehead atoms. The van der Waals surface area contributed by atoms with Crippen LogP contribution < -0.4 is 14.8 Å². The number of benzene rings is 1. The second-order valence-electron chi connectivity index (χ2n) is 5.38. The van der Waals surface area contributed by atoms with Gasteiger partial charge < -0.3 is 14.2 Å². The Bertz CT molecular complexity index is 757. The van der Waals surface area contributed by atoms with Crippen molar-refractivity contribution in [2.24, 2.45) is 0 Å². The summed E-state index contributed by atoms with van der Waals surface area (Å²) in [6.45, 7) is 5.03. The molecule has 0 aliphatic carbocycles. The number of hydrogen-bond donors (Lipinski definition) is 1. The van der Waals surface area contributed by atoms with Gasteiger partial charge in [-0.25, -0.2) is 9.78 Å². The second kappa shape index (κ2) is 8.48. The summed E-state index contributed by atoms with van der Waals surface area (Å²) in [7, 11) is 1.53. The quantitative estimate of drug-likeness (QED) is 0.760. The molecule has 1 heterocycles. The molecule has 8 heteroatoms. The van der Waals surface area contributed by atoms with Crippen molar-refractivity contribution >= 4 is 28.3 Å². The molecule has 0 radical (unpaired) electrons. The summed E-state index contributed by atoms with van der Waals surface area (Å²) in [4.78, 5) is 28.5. The number of methoxy groups -OCH3 is 1. The van der Waals surface area contributed by atoms with E-state index in [0.717, 1.165) is 11.3 Å². The first-order chi connectivity index (χ1) is 11.9. The summed E-state index contributed by atoms with van der Waals surface area (Å²) in [6.07, 6.45) is -0.221. The number of aromatic nitrogens is 1. The monoisotopic (exact) mass is 364 g/mol. The topological polar surface area (TPSA) is 86.8 Å². The molecule has 0 saturated heterocycles. The third-order valence-corrected chi connectivity index (χ3v) is 4.05. The summed E-state index contributed by atoms with van der Waals surface area (Å²) in [5.41, 5.74) is 0.511. The number of nitrogens with zero attached hydrogens (tertiary/aromatic N) is 1. The van der Waals surface area contributed by atoms with Crippen LogP contribution in [0.1, 0.15) is 29.2 Å². The lowest BCUT2D eigenvalue weighted by atomic mass is 10.3. The first-order valence-corrected chi connectivity index (χ1v) is 8.46. The predicted molar refractivity (Wildman–Crippen MR) is 94.5 cm³/mol. The number of ether oxygens (including phenoxy) is 3. The van der Waals surface area contributed by atoms with Crippen LogP contribution in [-0.4, -0.2) is 36.7 Å². The van der Waals surface area contributed by atoms with Crippen LogP contribution in [0.15, 0.2) is 24.3 Å². The van der Waals surface area contributed by atoms with Crippen molar-refractivity contribution in [1.29, 1.82) is 0 Å². The van der Waals surface area contributed by atoms with Gasteiger partial charge in [-0.1, -0.05) is 23.5 Å². The van der Waals surface area contributed by atoms with Crippen molar-refractivity contribution in [2.45, 2.75) is 26.9 Å². The summed E-state index contributed by atoms with van der Waals surface area (Å²) in [6, 6.07) is 7.04. The number of carbonyl (C=O) groups excluding carboxylic acids is 2.